The zero-order valence-electron chi connectivity index (χ0n) is 26.1. The summed E-state index contributed by atoms with van der Waals surface area (Å²) in [4.78, 5) is 30.0. The Bertz CT molecular complexity index is 1760. The van der Waals surface area contributed by atoms with Crippen LogP contribution in [0.3, 0.4) is 0 Å². The third-order valence-electron chi connectivity index (χ3n) is 7.08. The van der Waals surface area contributed by atoms with Crippen molar-refractivity contribution in [2.75, 3.05) is 18.0 Å². The van der Waals surface area contributed by atoms with Gasteiger partial charge in [-0.15, -0.1) is 0 Å². The number of carbonyl (C=O) groups is 2. The van der Waals surface area contributed by atoms with Crippen molar-refractivity contribution in [2.45, 2.75) is 50.2 Å². The lowest BCUT2D eigenvalue weighted by molar-refractivity contribution is -0.140. The number of anilines is 1. The van der Waals surface area contributed by atoms with Gasteiger partial charge in [0.15, 0.2) is 0 Å². The molecule has 0 saturated carbocycles. The first-order valence-electron chi connectivity index (χ1n) is 14.6. The summed E-state index contributed by atoms with van der Waals surface area (Å²) in [5, 5.41) is 3.73. The van der Waals surface area contributed by atoms with Gasteiger partial charge in [0.2, 0.25) is 11.8 Å². The molecule has 0 heterocycles. The van der Waals surface area contributed by atoms with Crippen molar-refractivity contribution in [1.82, 2.24) is 10.2 Å². The van der Waals surface area contributed by atoms with Crippen LogP contribution in [0.25, 0.3) is 0 Å². The van der Waals surface area contributed by atoms with Gasteiger partial charge in [-0.2, -0.15) is 0 Å². The fourth-order valence-corrected chi connectivity index (χ4v) is 6.75. The van der Waals surface area contributed by atoms with E-state index in [2.05, 4.69) is 5.32 Å². The summed E-state index contributed by atoms with van der Waals surface area (Å²) < 4.78 is 34.6. The van der Waals surface area contributed by atoms with Crippen LogP contribution in [0.15, 0.2) is 108 Å². The molecule has 1 atom stereocenters. The lowest BCUT2D eigenvalue weighted by Gasteiger charge is -2.35. The second-order valence-electron chi connectivity index (χ2n) is 11.7. The molecule has 0 aliphatic rings. The maximum Gasteiger partial charge on any atom is 0.264 e. The average Bonchev–Trinajstić information content (AvgIpc) is 3.02. The number of carbonyl (C=O) groups excluding carboxylic acids is 2. The van der Waals surface area contributed by atoms with Crippen molar-refractivity contribution >= 4 is 50.7 Å². The zero-order valence-corrected chi connectivity index (χ0v) is 28.4. The molecule has 4 aromatic rings. The molecule has 11 heteroatoms. The minimum absolute atomic E-state index is 0.00391. The molecule has 1 unspecified atom stereocenters. The molecule has 0 radical (unpaired) electrons. The van der Waals surface area contributed by atoms with E-state index in [1.165, 1.54) is 24.1 Å². The molecule has 0 fully saturated rings. The molecule has 8 nitrogen and oxygen atoms in total. The zero-order chi connectivity index (χ0) is 33.5. The molecule has 0 saturated heterocycles. The lowest BCUT2D eigenvalue weighted by atomic mass is 10.0. The van der Waals surface area contributed by atoms with Crippen molar-refractivity contribution in [1.29, 1.82) is 0 Å². The van der Waals surface area contributed by atoms with Crippen LogP contribution in [0, 0.1) is 0 Å². The maximum atomic E-state index is 14.6. The first-order chi connectivity index (χ1) is 21.8. The number of sulfonamides is 1. The van der Waals surface area contributed by atoms with Crippen molar-refractivity contribution in [3.8, 4) is 5.75 Å². The van der Waals surface area contributed by atoms with Crippen LogP contribution in [0.4, 0.5) is 5.69 Å². The van der Waals surface area contributed by atoms with E-state index in [9.17, 15) is 18.0 Å². The summed E-state index contributed by atoms with van der Waals surface area (Å²) in [6.45, 7) is 4.86. The number of methoxy groups -OCH3 is 1. The molecule has 0 aliphatic heterocycles. The Hall–Kier alpha value is -4.05. The Morgan fingerprint density at radius 1 is 0.870 bits per heavy atom. The van der Waals surface area contributed by atoms with Crippen LogP contribution in [-0.2, 0) is 32.6 Å². The number of hydrogen-bond acceptors (Lipinski definition) is 5. The van der Waals surface area contributed by atoms with E-state index >= 15 is 0 Å². The van der Waals surface area contributed by atoms with E-state index in [-0.39, 0.29) is 23.5 Å². The van der Waals surface area contributed by atoms with Crippen LogP contribution < -0.4 is 14.4 Å². The maximum absolute atomic E-state index is 14.6. The Morgan fingerprint density at radius 2 is 1.52 bits per heavy atom. The third kappa shape index (κ3) is 9.02. The number of nitrogens with zero attached hydrogens (tertiary/aromatic N) is 2. The fraction of sp³-hybridized carbons (Fsp3) is 0.257. The van der Waals surface area contributed by atoms with E-state index in [1.54, 1.807) is 60.7 Å². The van der Waals surface area contributed by atoms with Gasteiger partial charge in [-0.3, -0.25) is 13.9 Å². The molecular formula is C35H37Cl2N3O5S. The Morgan fingerprint density at radius 3 is 2.13 bits per heavy atom. The van der Waals surface area contributed by atoms with Gasteiger partial charge in [0.05, 0.1) is 17.7 Å². The Kier molecular flexibility index (Phi) is 11.4. The van der Waals surface area contributed by atoms with Gasteiger partial charge in [-0.25, -0.2) is 8.42 Å². The molecule has 0 bridgehead atoms. The quantitative estimate of drug-likeness (QED) is 0.178. The average molecular weight is 683 g/mol. The molecular weight excluding hydrogens is 645 g/mol. The van der Waals surface area contributed by atoms with E-state index in [1.807, 2.05) is 51.1 Å². The molecule has 46 heavy (non-hydrogen) atoms. The van der Waals surface area contributed by atoms with Gasteiger partial charge in [0, 0.05) is 34.6 Å². The van der Waals surface area contributed by atoms with Gasteiger partial charge in [0.25, 0.3) is 10.0 Å². The number of benzene rings is 4. The largest absolute Gasteiger partial charge is 0.497 e. The number of ether oxygens (including phenoxy) is 1. The van der Waals surface area contributed by atoms with Crippen molar-refractivity contribution < 1.29 is 22.7 Å². The van der Waals surface area contributed by atoms with Crippen molar-refractivity contribution in [2.24, 2.45) is 0 Å². The van der Waals surface area contributed by atoms with E-state index < -0.39 is 40.0 Å². The van der Waals surface area contributed by atoms with Gasteiger partial charge >= 0.3 is 0 Å². The second kappa shape index (κ2) is 15.0. The second-order valence-corrected chi connectivity index (χ2v) is 14.4. The first-order valence-corrected chi connectivity index (χ1v) is 16.8. The van der Waals surface area contributed by atoms with Crippen molar-refractivity contribution in [3.63, 3.8) is 0 Å². The molecule has 0 spiro atoms. The number of rotatable bonds is 12. The normalized spacial score (nSPS) is 12.2. The highest BCUT2D eigenvalue weighted by atomic mass is 35.5. The molecule has 1 N–H and O–H groups in total. The van der Waals surface area contributed by atoms with E-state index in [4.69, 9.17) is 27.9 Å². The highest BCUT2D eigenvalue weighted by Crippen LogP contribution is 2.29. The summed E-state index contributed by atoms with van der Waals surface area (Å²) in [6.07, 6.45) is 0.171. The van der Waals surface area contributed by atoms with Crippen LogP contribution in [0.1, 0.15) is 31.9 Å². The third-order valence-corrected chi connectivity index (χ3v) is 9.45. The van der Waals surface area contributed by atoms with Crippen LogP contribution in [0.2, 0.25) is 10.0 Å². The number of amides is 2. The molecule has 4 aromatic carbocycles. The molecule has 4 rings (SSSR count). The summed E-state index contributed by atoms with van der Waals surface area (Å²) in [5.41, 5.74) is 0.972. The first kappa shape index (κ1) is 34.8. The van der Waals surface area contributed by atoms with Gasteiger partial charge in [-0.05, 0) is 68.3 Å². The Labute approximate surface area is 280 Å². The van der Waals surface area contributed by atoms with Gasteiger partial charge < -0.3 is 15.0 Å². The predicted molar refractivity (Wildman–Crippen MR) is 183 cm³/mol. The molecule has 0 aromatic heterocycles. The van der Waals surface area contributed by atoms with Crippen molar-refractivity contribution in [3.05, 3.63) is 124 Å². The molecule has 242 valence electrons. The van der Waals surface area contributed by atoms with Gasteiger partial charge in [-0.1, -0.05) is 83.9 Å². The fourth-order valence-electron chi connectivity index (χ4n) is 4.85. The monoisotopic (exact) mass is 681 g/mol. The van der Waals surface area contributed by atoms with E-state index in [0.29, 0.717) is 21.4 Å². The van der Waals surface area contributed by atoms with Crippen LogP contribution in [-0.4, -0.2) is 50.4 Å². The van der Waals surface area contributed by atoms with Crippen LogP contribution >= 0.6 is 23.2 Å². The molecule has 2 amide bonds. The number of nitrogens with one attached hydrogen (secondary N) is 1. The smallest absolute Gasteiger partial charge is 0.264 e. The van der Waals surface area contributed by atoms with Crippen LogP contribution in [0.5, 0.6) is 5.75 Å². The van der Waals surface area contributed by atoms with E-state index in [0.717, 1.165) is 9.87 Å². The number of halogens is 2. The lowest BCUT2D eigenvalue weighted by Crippen LogP contribution is -2.56. The standard InChI is InChI=1S/C35H37Cl2N3O5S/c1-35(2,3)38-34(42)32(20-25-12-7-5-8-13-25)39(23-26-18-19-27(36)21-31(26)37)33(41)24-40(28-14-11-15-29(22-28)45-4)46(43,44)30-16-9-6-10-17-30/h5-19,21-22,32H,20,23-24H2,1-4H3,(H,38,42). The summed E-state index contributed by atoms with van der Waals surface area (Å²) in [7, 11) is -2.77. The highest BCUT2D eigenvalue weighted by Gasteiger charge is 2.36. The predicted octanol–water partition coefficient (Wildman–Crippen LogP) is 6.75. The highest BCUT2D eigenvalue weighted by molar-refractivity contribution is 7.92. The summed E-state index contributed by atoms with van der Waals surface area (Å²) in [6, 6.07) is 27.5. The summed E-state index contributed by atoms with van der Waals surface area (Å²) in [5.74, 6) is -0.596. The topological polar surface area (TPSA) is 96.0 Å². The summed E-state index contributed by atoms with van der Waals surface area (Å²) >= 11 is 12.7. The minimum Gasteiger partial charge on any atom is -0.497 e. The molecule has 0 aliphatic carbocycles. The van der Waals surface area contributed by atoms with Gasteiger partial charge in [0.1, 0.15) is 18.3 Å². The minimum atomic E-state index is -4.24. The number of hydrogen-bond donors (Lipinski definition) is 1. The SMILES string of the molecule is COc1cccc(N(CC(=O)N(Cc2ccc(Cl)cc2Cl)C(Cc2ccccc2)C(=O)NC(C)(C)C)S(=O)(=O)c2ccccc2)c1. The Balaban J connectivity index is 1.84.